The van der Waals surface area contributed by atoms with Crippen molar-refractivity contribution < 1.29 is 75.1 Å². The molecule has 0 spiro atoms. The van der Waals surface area contributed by atoms with E-state index in [1.54, 1.807) is 0 Å². The van der Waals surface area contributed by atoms with Crippen LogP contribution < -0.4 is 5.11 Å². The molecule has 66 valence electrons. The molecule has 0 aromatic heterocycles. The standard InChI is InChI=1S/CH2O3.Dy.4H2O/c2-1(3)4;;;;;/h(H2,2,3,4);;4*1H2/p-1. The van der Waals surface area contributed by atoms with Crippen LogP contribution in [0.1, 0.15) is 0 Å². The van der Waals surface area contributed by atoms with E-state index in [0.29, 0.717) is 0 Å². The molecular weight excluding hydrogens is 287 g/mol. The molecule has 0 aliphatic heterocycles. The van der Waals surface area contributed by atoms with Crippen LogP contribution in [0.4, 0.5) is 4.79 Å². The second-order valence-electron chi connectivity index (χ2n) is 0.266. The Hall–Kier alpha value is 0.383. The molecule has 0 atom stereocenters. The fraction of sp³-hybridized carbons (Fsp3) is 0. The van der Waals surface area contributed by atoms with Gasteiger partial charge in [-0.1, -0.05) is 0 Å². The van der Waals surface area contributed by atoms with E-state index in [9.17, 15) is 0 Å². The minimum Gasteiger partial charge on any atom is -0.565 e. The zero-order valence-electron chi connectivity index (χ0n) is 4.08. The van der Waals surface area contributed by atoms with Gasteiger partial charge >= 0.3 is 0 Å². The summed E-state index contributed by atoms with van der Waals surface area (Å²) in [4.78, 5) is 8.44. The summed E-state index contributed by atoms with van der Waals surface area (Å²) < 4.78 is 0. The maximum atomic E-state index is 8.44. The summed E-state index contributed by atoms with van der Waals surface area (Å²) in [7, 11) is 0. The summed E-state index contributed by atoms with van der Waals surface area (Å²) in [5.41, 5.74) is 0. The van der Waals surface area contributed by atoms with Crippen molar-refractivity contribution in [2.75, 3.05) is 0 Å². The van der Waals surface area contributed by atoms with Gasteiger partial charge in [0.1, 0.15) is 0 Å². The average Bonchev–Trinajstić information content (AvgIpc) is 0.811. The molecule has 7 nitrogen and oxygen atoms in total. The third-order valence-electron chi connectivity index (χ3n) is 0. The van der Waals surface area contributed by atoms with E-state index in [1.807, 2.05) is 0 Å². The first kappa shape index (κ1) is 57.6. The molecule has 0 saturated carbocycles. The molecule has 0 fully saturated rings. The second kappa shape index (κ2) is 39.9. The summed E-state index contributed by atoms with van der Waals surface area (Å²) in [6.45, 7) is 0. The predicted octanol–water partition coefficient (Wildman–Crippen LogP) is -4.41. The Morgan fingerprint density at radius 1 is 1.11 bits per heavy atom. The van der Waals surface area contributed by atoms with Gasteiger partial charge in [-0.2, -0.15) is 0 Å². The summed E-state index contributed by atoms with van der Waals surface area (Å²) in [5, 5.41) is 15.3. The minimum atomic E-state index is -2.08. The van der Waals surface area contributed by atoms with Crippen LogP contribution in [0.5, 0.6) is 0 Å². The van der Waals surface area contributed by atoms with Crippen molar-refractivity contribution in [3.05, 3.63) is 0 Å². The monoisotopic (exact) mass is 297 g/mol. The SMILES string of the molecule is O.O.O.O.O=C([O-])O.[Dy]. The van der Waals surface area contributed by atoms with Crippen molar-refractivity contribution in [1.29, 1.82) is 0 Å². The summed E-state index contributed by atoms with van der Waals surface area (Å²) in [6.07, 6.45) is -2.08. The Balaban J connectivity index is -0.00000000450. The molecule has 0 radical (unpaired) electrons. The van der Waals surface area contributed by atoms with Crippen LogP contribution in [-0.4, -0.2) is 33.2 Å². The van der Waals surface area contributed by atoms with E-state index in [2.05, 4.69) is 0 Å². The Kier molecular flexibility index (Phi) is 256. The third-order valence-corrected chi connectivity index (χ3v) is 0. The first-order valence-corrected chi connectivity index (χ1v) is 0.632. The molecule has 0 saturated heterocycles. The third kappa shape index (κ3) is 2330. The Bertz CT molecular complexity index is 31.9. The number of carboxylic acid groups (broad SMARTS) is 2. The first-order valence-electron chi connectivity index (χ1n) is 0.632. The zero-order chi connectivity index (χ0) is 3.58. The topological polar surface area (TPSA) is 186 Å². The molecule has 0 heterocycles. The molecule has 0 aromatic rings. The van der Waals surface area contributed by atoms with Crippen molar-refractivity contribution in [2.24, 2.45) is 0 Å². The summed E-state index contributed by atoms with van der Waals surface area (Å²) in [6, 6.07) is 0. The van der Waals surface area contributed by atoms with Gasteiger partial charge in [-0.3, -0.25) is 0 Å². The predicted molar refractivity (Wildman–Crippen MR) is 22.5 cm³/mol. The molecule has 0 aromatic carbocycles. The number of hydrogen-bond donors (Lipinski definition) is 1. The molecule has 0 unspecified atom stereocenters. The fourth-order valence-corrected chi connectivity index (χ4v) is 0. The van der Waals surface area contributed by atoms with Crippen molar-refractivity contribution in [1.82, 2.24) is 0 Å². The van der Waals surface area contributed by atoms with Gasteiger partial charge in [0.15, 0.2) is 0 Å². The number of hydrogen-bond acceptors (Lipinski definition) is 2. The summed E-state index contributed by atoms with van der Waals surface area (Å²) in [5.74, 6) is 0. The Morgan fingerprint density at radius 2 is 1.11 bits per heavy atom. The Labute approximate surface area is 80.9 Å². The minimum absolute atomic E-state index is 0. The average molecular weight is 296 g/mol. The van der Waals surface area contributed by atoms with Gasteiger partial charge in [-0.25, -0.2) is 0 Å². The maximum Gasteiger partial charge on any atom is 0.249 e. The van der Waals surface area contributed by atoms with Crippen LogP contribution in [0.15, 0.2) is 0 Å². The maximum absolute atomic E-state index is 8.44. The molecule has 8 heteroatoms. The second-order valence-corrected chi connectivity index (χ2v) is 0.266. The van der Waals surface area contributed by atoms with Crippen molar-refractivity contribution in [2.45, 2.75) is 0 Å². The van der Waals surface area contributed by atoms with Gasteiger partial charge in [0.2, 0.25) is 6.16 Å². The zero-order valence-corrected chi connectivity index (χ0v) is 6.11. The van der Waals surface area contributed by atoms with E-state index in [-0.39, 0.29) is 60.1 Å². The summed E-state index contributed by atoms with van der Waals surface area (Å²) >= 11 is 0. The van der Waals surface area contributed by atoms with E-state index < -0.39 is 6.16 Å². The number of rotatable bonds is 0. The van der Waals surface area contributed by atoms with E-state index in [1.165, 1.54) is 0 Å². The van der Waals surface area contributed by atoms with Gasteiger partial charge in [0, 0.05) is 38.2 Å². The van der Waals surface area contributed by atoms with Crippen LogP contribution in [0, 0.1) is 38.2 Å². The largest absolute Gasteiger partial charge is 0.565 e. The van der Waals surface area contributed by atoms with Crippen molar-refractivity contribution in [3.63, 3.8) is 0 Å². The smallest absolute Gasteiger partial charge is 0.249 e. The van der Waals surface area contributed by atoms with Crippen LogP contribution in [0.3, 0.4) is 0 Å². The van der Waals surface area contributed by atoms with Gasteiger partial charge in [0.05, 0.1) is 0 Å². The van der Waals surface area contributed by atoms with E-state index >= 15 is 0 Å². The van der Waals surface area contributed by atoms with Crippen molar-refractivity contribution in [3.8, 4) is 0 Å². The Morgan fingerprint density at radius 3 is 1.11 bits per heavy atom. The van der Waals surface area contributed by atoms with Gasteiger partial charge in [-0.05, 0) is 0 Å². The normalized spacial score (nSPS) is 2.67. The molecule has 9 heavy (non-hydrogen) atoms. The van der Waals surface area contributed by atoms with Crippen LogP contribution >= 0.6 is 0 Å². The van der Waals surface area contributed by atoms with Crippen LogP contribution in [-0.2, 0) is 0 Å². The quantitative estimate of drug-likeness (QED) is 0.473. The van der Waals surface area contributed by atoms with Gasteiger partial charge in [0.25, 0.3) is 0 Å². The van der Waals surface area contributed by atoms with E-state index in [4.69, 9.17) is 15.0 Å². The van der Waals surface area contributed by atoms with Gasteiger partial charge in [-0.15, -0.1) is 0 Å². The molecule has 0 aliphatic carbocycles. The molecule has 0 aliphatic rings. The van der Waals surface area contributed by atoms with Crippen molar-refractivity contribution >= 4 is 6.16 Å². The molecule has 0 amide bonds. The van der Waals surface area contributed by atoms with Gasteiger partial charge < -0.3 is 36.9 Å². The number of carbonyl (C=O) groups is 1. The van der Waals surface area contributed by atoms with Crippen LogP contribution in [0.2, 0.25) is 0 Å². The fourth-order valence-electron chi connectivity index (χ4n) is 0. The molecular formula is CH9DyO7-. The molecule has 0 bridgehead atoms. The first-order chi connectivity index (χ1) is 1.73. The molecule has 9 N–H and O–H groups in total. The van der Waals surface area contributed by atoms with E-state index in [0.717, 1.165) is 0 Å². The van der Waals surface area contributed by atoms with Crippen LogP contribution in [0.25, 0.3) is 0 Å². The molecule has 0 rings (SSSR count).